The van der Waals surface area contributed by atoms with Crippen molar-refractivity contribution in [1.29, 1.82) is 0 Å². The van der Waals surface area contributed by atoms with Crippen LogP contribution in [0.2, 0.25) is 0 Å². The lowest BCUT2D eigenvalue weighted by Crippen LogP contribution is -2.63. The van der Waals surface area contributed by atoms with E-state index < -0.39 is 61.2 Å². The van der Waals surface area contributed by atoms with E-state index in [1.165, 1.54) is 32.2 Å². The molecule has 2 heterocycles. The quantitative estimate of drug-likeness (QED) is 0.302. The van der Waals surface area contributed by atoms with Crippen LogP contribution in [-0.2, 0) is 47.6 Å². The average Bonchev–Trinajstić information content (AvgIpc) is 2.90. The lowest BCUT2D eigenvalue weighted by Gasteiger charge is -2.44. The van der Waals surface area contributed by atoms with Gasteiger partial charge in [-0.1, -0.05) is 0 Å². The first kappa shape index (κ1) is 30.6. The fourth-order valence-corrected chi connectivity index (χ4v) is 4.26. The highest BCUT2D eigenvalue weighted by Gasteiger charge is 2.53. The molecule has 0 saturated carbocycles. The van der Waals surface area contributed by atoms with Gasteiger partial charge in [-0.15, -0.1) is 0 Å². The van der Waals surface area contributed by atoms with Crippen LogP contribution in [0.1, 0.15) is 38.1 Å². The summed E-state index contributed by atoms with van der Waals surface area (Å²) in [4.78, 5) is 62.0. The monoisotopic (exact) mass is 567 g/mol. The summed E-state index contributed by atoms with van der Waals surface area (Å²) in [6, 6.07) is 4.49. The maximum atomic E-state index is 12.9. The molecular weight excluding hydrogens is 534 g/mol. The van der Waals surface area contributed by atoms with E-state index in [1.54, 1.807) is 4.90 Å². The first-order valence-corrected chi connectivity index (χ1v) is 12.5. The Hall–Kier alpha value is -3.91. The topological polar surface area (TPSA) is 162 Å². The van der Waals surface area contributed by atoms with Gasteiger partial charge in [-0.3, -0.25) is 24.0 Å². The van der Waals surface area contributed by atoms with E-state index in [1.807, 2.05) is 0 Å². The van der Waals surface area contributed by atoms with Crippen LogP contribution >= 0.6 is 0 Å². The minimum absolute atomic E-state index is 0.0990. The Morgan fingerprint density at radius 3 is 2.00 bits per heavy atom. The van der Waals surface area contributed by atoms with Gasteiger partial charge >= 0.3 is 23.9 Å². The van der Waals surface area contributed by atoms with Gasteiger partial charge in [0, 0.05) is 46.3 Å². The van der Waals surface area contributed by atoms with E-state index in [2.05, 4.69) is 0 Å². The third-order valence-electron chi connectivity index (χ3n) is 5.90. The van der Waals surface area contributed by atoms with E-state index in [0.29, 0.717) is 31.9 Å². The van der Waals surface area contributed by atoms with Crippen molar-refractivity contribution in [3.8, 4) is 11.5 Å². The summed E-state index contributed by atoms with van der Waals surface area (Å²) < 4.78 is 44.0. The normalized spacial score (nSPS) is 24.3. The Bertz CT molecular complexity index is 1100. The van der Waals surface area contributed by atoms with Crippen molar-refractivity contribution in [1.82, 2.24) is 4.90 Å². The van der Waals surface area contributed by atoms with Crippen LogP contribution < -0.4 is 9.47 Å². The molecule has 1 aromatic rings. The van der Waals surface area contributed by atoms with Gasteiger partial charge in [-0.2, -0.15) is 0 Å². The van der Waals surface area contributed by atoms with E-state index in [4.69, 9.17) is 37.9 Å². The SMILES string of the molecule is COc1cc(C(=O)N2CCOCC2)ccc1O[C@@H]1O[C@H](COC(C)=O)[C@@H](OC(C)=O)[C@@H](OC(C)=O)[C@@H]1OC(C)=O. The maximum Gasteiger partial charge on any atom is 0.303 e. The number of rotatable bonds is 9. The summed E-state index contributed by atoms with van der Waals surface area (Å²) in [6.45, 7) is 5.92. The van der Waals surface area contributed by atoms with Crippen molar-refractivity contribution in [2.45, 2.75) is 58.4 Å². The van der Waals surface area contributed by atoms with E-state index in [0.717, 1.165) is 20.8 Å². The Labute approximate surface area is 230 Å². The first-order valence-electron chi connectivity index (χ1n) is 12.5. The number of esters is 4. The third kappa shape index (κ3) is 8.05. The molecule has 1 amide bonds. The first-order chi connectivity index (χ1) is 19.0. The summed E-state index contributed by atoms with van der Waals surface area (Å²) in [6.07, 6.45) is -6.76. The van der Waals surface area contributed by atoms with Crippen molar-refractivity contribution in [2.24, 2.45) is 0 Å². The molecule has 3 rings (SSSR count). The van der Waals surface area contributed by atoms with E-state index in [-0.39, 0.29) is 17.4 Å². The Kier molecular flexibility index (Phi) is 10.7. The molecule has 1 aromatic carbocycles. The second-order valence-electron chi connectivity index (χ2n) is 8.96. The van der Waals surface area contributed by atoms with Crippen LogP contribution in [0.15, 0.2) is 18.2 Å². The minimum Gasteiger partial charge on any atom is -0.493 e. The van der Waals surface area contributed by atoms with E-state index in [9.17, 15) is 24.0 Å². The second-order valence-corrected chi connectivity index (χ2v) is 8.96. The highest BCUT2D eigenvalue weighted by molar-refractivity contribution is 5.95. The van der Waals surface area contributed by atoms with Gasteiger partial charge in [0.25, 0.3) is 5.91 Å². The molecule has 40 heavy (non-hydrogen) atoms. The minimum atomic E-state index is -1.45. The van der Waals surface area contributed by atoms with Crippen molar-refractivity contribution in [3.63, 3.8) is 0 Å². The summed E-state index contributed by atoms with van der Waals surface area (Å²) in [5.41, 5.74) is 0.340. The summed E-state index contributed by atoms with van der Waals surface area (Å²) >= 11 is 0. The second kappa shape index (κ2) is 13.9. The Morgan fingerprint density at radius 2 is 1.43 bits per heavy atom. The third-order valence-corrected chi connectivity index (χ3v) is 5.90. The number of amides is 1. The Balaban J connectivity index is 1.96. The van der Waals surface area contributed by atoms with Crippen molar-refractivity contribution >= 4 is 29.8 Å². The molecule has 0 N–H and O–H groups in total. The average molecular weight is 568 g/mol. The number of hydrogen-bond acceptors (Lipinski definition) is 13. The summed E-state index contributed by atoms with van der Waals surface area (Å²) in [7, 11) is 1.37. The number of hydrogen-bond donors (Lipinski definition) is 0. The lowest BCUT2D eigenvalue weighted by molar-refractivity contribution is -0.288. The maximum absolute atomic E-state index is 12.9. The number of ether oxygens (including phenoxy) is 8. The van der Waals surface area contributed by atoms with Crippen LogP contribution in [0, 0.1) is 0 Å². The molecule has 0 spiro atoms. The van der Waals surface area contributed by atoms with E-state index >= 15 is 0 Å². The Morgan fingerprint density at radius 1 is 0.825 bits per heavy atom. The van der Waals surface area contributed by atoms with Gasteiger partial charge in [-0.25, -0.2) is 0 Å². The van der Waals surface area contributed by atoms with Gasteiger partial charge in [0.05, 0.1) is 20.3 Å². The fraction of sp³-hybridized carbons (Fsp3) is 0.577. The van der Waals surface area contributed by atoms with Crippen molar-refractivity contribution in [2.75, 3.05) is 40.0 Å². The number of benzene rings is 1. The predicted octanol–water partition coefficient (Wildman–Crippen LogP) is 0.630. The van der Waals surface area contributed by atoms with Crippen LogP contribution in [-0.4, -0.2) is 105 Å². The summed E-state index contributed by atoms with van der Waals surface area (Å²) in [5.74, 6) is -2.89. The predicted molar refractivity (Wildman–Crippen MR) is 132 cm³/mol. The molecule has 0 unspecified atom stereocenters. The molecule has 220 valence electrons. The largest absolute Gasteiger partial charge is 0.493 e. The number of methoxy groups -OCH3 is 1. The summed E-state index contributed by atoms with van der Waals surface area (Å²) in [5, 5.41) is 0. The number of morpholine rings is 1. The lowest BCUT2D eigenvalue weighted by atomic mass is 9.98. The van der Waals surface area contributed by atoms with Gasteiger partial charge in [0.1, 0.15) is 12.7 Å². The molecule has 5 atom stereocenters. The molecule has 0 bridgehead atoms. The fourth-order valence-electron chi connectivity index (χ4n) is 4.26. The molecule has 0 aromatic heterocycles. The van der Waals surface area contributed by atoms with Crippen LogP contribution in [0.4, 0.5) is 0 Å². The molecule has 0 aliphatic carbocycles. The van der Waals surface area contributed by atoms with Gasteiger partial charge in [0.2, 0.25) is 12.4 Å². The van der Waals surface area contributed by atoms with Crippen molar-refractivity contribution in [3.05, 3.63) is 23.8 Å². The zero-order valence-electron chi connectivity index (χ0n) is 22.9. The van der Waals surface area contributed by atoms with Crippen LogP contribution in [0.3, 0.4) is 0 Å². The van der Waals surface area contributed by atoms with Crippen LogP contribution in [0.5, 0.6) is 11.5 Å². The van der Waals surface area contributed by atoms with Gasteiger partial charge in [-0.05, 0) is 18.2 Å². The number of carbonyl (C=O) groups is 5. The highest BCUT2D eigenvalue weighted by Crippen LogP contribution is 2.35. The number of nitrogens with zero attached hydrogens (tertiary/aromatic N) is 1. The smallest absolute Gasteiger partial charge is 0.303 e. The zero-order valence-corrected chi connectivity index (χ0v) is 22.9. The highest BCUT2D eigenvalue weighted by atomic mass is 16.7. The van der Waals surface area contributed by atoms with Crippen molar-refractivity contribution < 1.29 is 61.9 Å². The molecule has 2 aliphatic rings. The number of carbonyl (C=O) groups excluding carboxylic acids is 5. The van der Waals surface area contributed by atoms with Gasteiger partial charge in [0.15, 0.2) is 23.7 Å². The molecule has 14 heteroatoms. The van der Waals surface area contributed by atoms with Crippen LogP contribution in [0.25, 0.3) is 0 Å². The molecule has 0 radical (unpaired) electrons. The molecule has 2 aliphatic heterocycles. The van der Waals surface area contributed by atoms with Gasteiger partial charge < -0.3 is 42.8 Å². The molecule has 2 saturated heterocycles. The molecule has 14 nitrogen and oxygen atoms in total. The molecular formula is C26H33NO13. The standard InChI is InChI=1S/C26H33NO13/c1-14(28)35-13-21-22(36-15(2)29)23(37-16(3)30)24(38-17(4)31)26(40-21)39-19-7-6-18(12-20(19)33-5)25(32)27-8-10-34-11-9-27/h6-7,12,21-24,26H,8-11,13H2,1-5H3/t21-,22-,23-,24+,26-/m1/s1. The molecule has 2 fully saturated rings. The zero-order chi connectivity index (χ0) is 29.4.